The highest BCUT2D eigenvalue weighted by Crippen LogP contribution is 2.26. The van der Waals surface area contributed by atoms with E-state index >= 15 is 0 Å². The lowest BCUT2D eigenvalue weighted by molar-refractivity contribution is 0.277. The van der Waals surface area contributed by atoms with Gasteiger partial charge < -0.3 is 0 Å². The van der Waals surface area contributed by atoms with Gasteiger partial charge in [-0.1, -0.05) is 48.7 Å². The third kappa shape index (κ3) is 5.05. The highest BCUT2D eigenvalue weighted by Gasteiger charge is 2.09. The Morgan fingerprint density at radius 3 is 2.59 bits per heavy atom. The van der Waals surface area contributed by atoms with Crippen LogP contribution in [0.3, 0.4) is 0 Å². The molecule has 17 heavy (non-hydrogen) atoms. The van der Waals surface area contributed by atoms with Crippen LogP contribution in [0.1, 0.15) is 25.3 Å². The van der Waals surface area contributed by atoms with Crippen molar-refractivity contribution in [2.24, 2.45) is 0 Å². The Kier molecular flexibility index (Phi) is 7.29. The Morgan fingerprint density at radius 2 is 1.94 bits per heavy atom. The standard InChI is InChI=1S/C13H18Cl3N/c1-2-3-8-17(9-7-14)10-11-5-4-6-12(15)13(11)16/h4-6H,2-3,7-10H2,1H3. The van der Waals surface area contributed by atoms with E-state index in [0.717, 1.165) is 25.2 Å². The van der Waals surface area contributed by atoms with Crippen LogP contribution in [0.15, 0.2) is 18.2 Å². The zero-order chi connectivity index (χ0) is 12.7. The monoisotopic (exact) mass is 293 g/mol. The molecule has 1 nitrogen and oxygen atoms in total. The molecule has 96 valence electrons. The van der Waals surface area contributed by atoms with Crippen LogP contribution in [0.2, 0.25) is 10.0 Å². The largest absolute Gasteiger partial charge is 0.298 e. The average molecular weight is 295 g/mol. The van der Waals surface area contributed by atoms with Gasteiger partial charge in [0.25, 0.3) is 0 Å². The van der Waals surface area contributed by atoms with Gasteiger partial charge in [-0.25, -0.2) is 0 Å². The Morgan fingerprint density at radius 1 is 1.18 bits per heavy atom. The third-order valence-corrected chi connectivity index (χ3v) is 3.68. The second kappa shape index (κ2) is 8.20. The fraction of sp³-hybridized carbons (Fsp3) is 0.538. The van der Waals surface area contributed by atoms with Gasteiger partial charge in [-0.2, -0.15) is 0 Å². The molecule has 0 radical (unpaired) electrons. The lowest BCUT2D eigenvalue weighted by Crippen LogP contribution is -2.26. The molecule has 0 N–H and O–H groups in total. The van der Waals surface area contributed by atoms with Gasteiger partial charge in [-0.05, 0) is 24.6 Å². The minimum atomic E-state index is 0.616. The second-order valence-corrected chi connectivity index (χ2v) is 5.19. The molecular formula is C13H18Cl3N. The molecule has 4 heteroatoms. The molecular weight excluding hydrogens is 277 g/mol. The SMILES string of the molecule is CCCCN(CCCl)Cc1cccc(Cl)c1Cl. The van der Waals surface area contributed by atoms with E-state index in [9.17, 15) is 0 Å². The zero-order valence-electron chi connectivity index (χ0n) is 10.1. The molecule has 0 aliphatic carbocycles. The zero-order valence-corrected chi connectivity index (χ0v) is 12.3. The van der Waals surface area contributed by atoms with E-state index in [2.05, 4.69) is 11.8 Å². The first kappa shape index (κ1) is 15.1. The van der Waals surface area contributed by atoms with Gasteiger partial charge >= 0.3 is 0 Å². The van der Waals surface area contributed by atoms with Crippen molar-refractivity contribution in [2.75, 3.05) is 19.0 Å². The molecule has 0 amide bonds. The summed E-state index contributed by atoms with van der Waals surface area (Å²) < 4.78 is 0. The lowest BCUT2D eigenvalue weighted by atomic mass is 10.2. The summed E-state index contributed by atoms with van der Waals surface area (Å²) in [6.45, 7) is 4.92. The van der Waals surface area contributed by atoms with Crippen LogP contribution in [0, 0.1) is 0 Å². The van der Waals surface area contributed by atoms with Crippen LogP contribution < -0.4 is 0 Å². The van der Waals surface area contributed by atoms with Crippen LogP contribution in [0.4, 0.5) is 0 Å². The first-order valence-electron chi connectivity index (χ1n) is 5.90. The number of halogens is 3. The molecule has 0 saturated carbocycles. The van der Waals surface area contributed by atoms with Crippen LogP contribution in [0.5, 0.6) is 0 Å². The maximum Gasteiger partial charge on any atom is 0.0637 e. The van der Waals surface area contributed by atoms with Crippen LogP contribution in [-0.4, -0.2) is 23.9 Å². The van der Waals surface area contributed by atoms with Crippen molar-refractivity contribution in [3.8, 4) is 0 Å². The van der Waals surface area contributed by atoms with Gasteiger partial charge in [0, 0.05) is 19.0 Å². The fourth-order valence-corrected chi connectivity index (χ4v) is 2.30. The first-order valence-corrected chi connectivity index (χ1v) is 7.19. The number of alkyl halides is 1. The Balaban J connectivity index is 2.67. The van der Waals surface area contributed by atoms with Gasteiger partial charge in [0.05, 0.1) is 10.0 Å². The molecule has 0 aromatic heterocycles. The summed E-state index contributed by atoms with van der Waals surface area (Å²) in [6, 6.07) is 5.76. The summed E-state index contributed by atoms with van der Waals surface area (Å²) in [5, 5.41) is 1.27. The van der Waals surface area contributed by atoms with Crippen molar-refractivity contribution in [3.63, 3.8) is 0 Å². The number of benzene rings is 1. The summed E-state index contributed by atoms with van der Waals surface area (Å²) in [4.78, 5) is 2.31. The summed E-state index contributed by atoms with van der Waals surface area (Å²) >= 11 is 18.0. The number of hydrogen-bond donors (Lipinski definition) is 0. The molecule has 0 fully saturated rings. The molecule has 1 aromatic carbocycles. The van der Waals surface area contributed by atoms with Gasteiger partial charge in [0.15, 0.2) is 0 Å². The van der Waals surface area contributed by atoms with E-state index in [1.807, 2.05) is 18.2 Å². The van der Waals surface area contributed by atoms with E-state index in [0.29, 0.717) is 15.9 Å². The average Bonchev–Trinajstić information content (AvgIpc) is 2.32. The topological polar surface area (TPSA) is 3.24 Å². The molecule has 1 aromatic rings. The van der Waals surface area contributed by atoms with Crippen molar-refractivity contribution < 1.29 is 0 Å². The molecule has 0 spiro atoms. The summed E-state index contributed by atoms with van der Waals surface area (Å²) in [5.41, 5.74) is 1.07. The maximum atomic E-state index is 6.18. The predicted octanol–water partition coefficient (Wildman–Crippen LogP) is 4.83. The van der Waals surface area contributed by atoms with Crippen molar-refractivity contribution in [1.29, 1.82) is 0 Å². The normalized spacial score (nSPS) is 11.1. The molecule has 0 unspecified atom stereocenters. The molecule has 0 atom stereocenters. The van der Waals surface area contributed by atoms with Crippen molar-refractivity contribution >= 4 is 34.8 Å². The van der Waals surface area contributed by atoms with Crippen molar-refractivity contribution in [3.05, 3.63) is 33.8 Å². The minimum Gasteiger partial charge on any atom is -0.298 e. The predicted molar refractivity (Wildman–Crippen MR) is 77.4 cm³/mol. The lowest BCUT2D eigenvalue weighted by Gasteiger charge is -2.21. The highest BCUT2D eigenvalue weighted by atomic mass is 35.5. The number of nitrogens with zero attached hydrogens (tertiary/aromatic N) is 1. The van der Waals surface area contributed by atoms with E-state index in [-0.39, 0.29) is 0 Å². The first-order chi connectivity index (χ1) is 8.19. The summed E-state index contributed by atoms with van der Waals surface area (Å²) in [6.07, 6.45) is 2.36. The van der Waals surface area contributed by atoms with Crippen LogP contribution in [0.25, 0.3) is 0 Å². The van der Waals surface area contributed by atoms with Crippen LogP contribution >= 0.6 is 34.8 Å². The van der Waals surface area contributed by atoms with Crippen molar-refractivity contribution in [1.82, 2.24) is 4.90 Å². The van der Waals surface area contributed by atoms with Gasteiger partial charge in [0.2, 0.25) is 0 Å². The summed E-state index contributed by atoms with van der Waals surface area (Å²) in [5.74, 6) is 0.641. The van der Waals surface area contributed by atoms with E-state index in [4.69, 9.17) is 34.8 Å². The summed E-state index contributed by atoms with van der Waals surface area (Å²) in [7, 11) is 0. The molecule has 0 saturated heterocycles. The smallest absolute Gasteiger partial charge is 0.0637 e. The van der Waals surface area contributed by atoms with E-state index in [1.54, 1.807) is 0 Å². The second-order valence-electron chi connectivity index (χ2n) is 4.03. The van der Waals surface area contributed by atoms with E-state index < -0.39 is 0 Å². The molecule has 0 aliphatic rings. The van der Waals surface area contributed by atoms with Crippen LogP contribution in [-0.2, 0) is 6.54 Å². The third-order valence-electron chi connectivity index (χ3n) is 2.65. The Bertz CT molecular complexity index is 341. The Hall–Kier alpha value is 0.0500. The van der Waals surface area contributed by atoms with E-state index in [1.165, 1.54) is 12.8 Å². The Labute approximate surface area is 119 Å². The van der Waals surface area contributed by atoms with Gasteiger partial charge in [-0.3, -0.25) is 4.90 Å². The maximum absolute atomic E-state index is 6.18. The van der Waals surface area contributed by atoms with Crippen molar-refractivity contribution in [2.45, 2.75) is 26.3 Å². The number of hydrogen-bond acceptors (Lipinski definition) is 1. The molecule has 0 aliphatic heterocycles. The number of rotatable bonds is 7. The highest BCUT2D eigenvalue weighted by molar-refractivity contribution is 6.42. The van der Waals surface area contributed by atoms with Gasteiger partial charge in [0.1, 0.15) is 0 Å². The molecule has 1 rings (SSSR count). The fourth-order valence-electron chi connectivity index (χ4n) is 1.68. The number of unbranched alkanes of at least 4 members (excludes halogenated alkanes) is 1. The minimum absolute atomic E-state index is 0.616. The quantitative estimate of drug-likeness (QED) is 0.651. The molecule has 0 heterocycles. The van der Waals surface area contributed by atoms with Gasteiger partial charge in [-0.15, -0.1) is 11.6 Å². The molecule has 0 bridgehead atoms.